The van der Waals surface area contributed by atoms with Gasteiger partial charge >= 0.3 is 0 Å². The lowest BCUT2D eigenvalue weighted by molar-refractivity contribution is 0.0730. The van der Waals surface area contributed by atoms with Gasteiger partial charge in [0.05, 0.1) is 41.3 Å². The predicted molar refractivity (Wildman–Crippen MR) is 145 cm³/mol. The molecule has 0 saturated carbocycles. The SMILES string of the molecule is COc1ccc(CCN2C(=O)c3oc4cc(C)c(Cl)cc4c(=O)c3C2c2ccc(Cl)c(Cl)c2)cc1OC. The molecular weight excluding hydrogens is 537 g/mol. The Balaban J connectivity index is 1.62. The minimum Gasteiger partial charge on any atom is -0.493 e. The van der Waals surface area contributed by atoms with Gasteiger partial charge in [-0.05, 0) is 66.4 Å². The number of nitrogens with zero attached hydrogens (tertiary/aromatic N) is 1. The van der Waals surface area contributed by atoms with Crippen molar-refractivity contribution in [1.82, 2.24) is 4.90 Å². The second kappa shape index (κ2) is 9.93. The largest absolute Gasteiger partial charge is 0.493 e. The molecule has 0 bridgehead atoms. The van der Waals surface area contributed by atoms with Crippen molar-refractivity contribution >= 4 is 51.7 Å². The van der Waals surface area contributed by atoms with E-state index in [2.05, 4.69) is 0 Å². The van der Waals surface area contributed by atoms with Gasteiger partial charge < -0.3 is 18.8 Å². The molecule has 190 valence electrons. The molecule has 0 radical (unpaired) electrons. The van der Waals surface area contributed by atoms with Crippen LogP contribution in [0.4, 0.5) is 0 Å². The van der Waals surface area contributed by atoms with Gasteiger partial charge in [0.25, 0.3) is 5.91 Å². The van der Waals surface area contributed by atoms with Crippen molar-refractivity contribution in [3.63, 3.8) is 0 Å². The summed E-state index contributed by atoms with van der Waals surface area (Å²) in [5.41, 5.74) is 2.59. The normalized spacial score (nSPS) is 14.8. The third kappa shape index (κ3) is 4.43. The van der Waals surface area contributed by atoms with Crippen LogP contribution in [-0.4, -0.2) is 31.6 Å². The summed E-state index contributed by atoms with van der Waals surface area (Å²) in [4.78, 5) is 29.1. The highest BCUT2D eigenvalue weighted by Crippen LogP contribution is 2.40. The van der Waals surface area contributed by atoms with Crippen molar-refractivity contribution in [2.75, 3.05) is 20.8 Å². The Morgan fingerprint density at radius 3 is 2.35 bits per heavy atom. The van der Waals surface area contributed by atoms with Crippen LogP contribution < -0.4 is 14.9 Å². The molecule has 1 unspecified atom stereocenters. The van der Waals surface area contributed by atoms with Crippen LogP contribution in [0.15, 0.2) is 57.7 Å². The second-order valence-corrected chi connectivity index (χ2v) is 10.0. The fourth-order valence-electron chi connectivity index (χ4n) is 4.69. The van der Waals surface area contributed by atoms with E-state index in [4.69, 9.17) is 48.7 Å². The summed E-state index contributed by atoms with van der Waals surface area (Å²) in [5.74, 6) is 0.841. The van der Waals surface area contributed by atoms with E-state index in [-0.39, 0.29) is 22.7 Å². The highest BCUT2D eigenvalue weighted by atomic mass is 35.5. The Morgan fingerprint density at radius 1 is 0.892 bits per heavy atom. The Kier molecular flexibility index (Phi) is 6.84. The molecular formula is C28H22Cl3NO5. The number of hydrogen-bond acceptors (Lipinski definition) is 5. The lowest BCUT2D eigenvalue weighted by atomic mass is 9.98. The van der Waals surface area contributed by atoms with Crippen LogP contribution in [-0.2, 0) is 6.42 Å². The molecule has 1 aliphatic heterocycles. The standard InChI is InChI=1S/C28H22Cl3NO5/c1-14-10-22-17(13-19(14)30)26(33)24-25(16-5-6-18(29)20(31)12-16)32(28(34)27(24)37-22)9-8-15-4-7-21(35-2)23(11-15)36-3/h4-7,10-13,25H,8-9H2,1-3H3. The first-order chi connectivity index (χ1) is 17.7. The summed E-state index contributed by atoms with van der Waals surface area (Å²) < 4.78 is 16.8. The fraction of sp³-hybridized carbons (Fsp3) is 0.214. The number of methoxy groups -OCH3 is 2. The van der Waals surface area contributed by atoms with Crippen LogP contribution in [0.2, 0.25) is 15.1 Å². The van der Waals surface area contributed by atoms with Gasteiger partial charge in [-0.3, -0.25) is 9.59 Å². The van der Waals surface area contributed by atoms with Crippen LogP contribution in [0.25, 0.3) is 11.0 Å². The first-order valence-electron chi connectivity index (χ1n) is 11.5. The van der Waals surface area contributed by atoms with Gasteiger partial charge in [0.2, 0.25) is 5.76 Å². The first kappa shape index (κ1) is 25.5. The minimum atomic E-state index is -0.710. The summed E-state index contributed by atoms with van der Waals surface area (Å²) >= 11 is 18.8. The average Bonchev–Trinajstić information content (AvgIpc) is 3.17. The molecule has 9 heteroatoms. The van der Waals surface area contributed by atoms with Crippen LogP contribution in [0.5, 0.6) is 11.5 Å². The number of carbonyl (C=O) groups excluding carboxylic acids is 1. The molecule has 3 aromatic carbocycles. The van der Waals surface area contributed by atoms with Crippen molar-refractivity contribution in [2.45, 2.75) is 19.4 Å². The Hall–Kier alpha value is -3.19. The highest BCUT2D eigenvalue weighted by Gasteiger charge is 2.42. The fourth-order valence-corrected chi connectivity index (χ4v) is 5.16. The molecule has 1 atom stereocenters. The van der Waals surface area contributed by atoms with Gasteiger partial charge in [-0.25, -0.2) is 0 Å². The number of amides is 1. The van der Waals surface area contributed by atoms with E-state index in [1.807, 2.05) is 25.1 Å². The number of aryl methyl sites for hydroxylation is 1. The van der Waals surface area contributed by atoms with Crippen LogP contribution in [0.1, 0.15) is 38.9 Å². The molecule has 5 rings (SSSR count). The van der Waals surface area contributed by atoms with E-state index in [9.17, 15) is 9.59 Å². The highest BCUT2D eigenvalue weighted by molar-refractivity contribution is 6.42. The molecule has 6 nitrogen and oxygen atoms in total. The molecule has 1 aliphatic rings. The third-order valence-electron chi connectivity index (χ3n) is 6.60. The zero-order valence-electron chi connectivity index (χ0n) is 20.2. The molecule has 2 heterocycles. The Labute approximate surface area is 228 Å². The van der Waals surface area contributed by atoms with Crippen LogP contribution >= 0.6 is 34.8 Å². The average molecular weight is 559 g/mol. The maximum absolute atomic E-state index is 13.8. The van der Waals surface area contributed by atoms with Crippen molar-refractivity contribution in [3.8, 4) is 11.5 Å². The lowest BCUT2D eigenvalue weighted by Crippen LogP contribution is -2.31. The molecule has 0 fully saturated rings. The van der Waals surface area contributed by atoms with Crippen molar-refractivity contribution in [1.29, 1.82) is 0 Å². The van der Waals surface area contributed by atoms with Crippen LogP contribution in [0.3, 0.4) is 0 Å². The van der Waals surface area contributed by atoms with Crippen molar-refractivity contribution < 1.29 is 18.7 Å². The van der Waals surface area contributed by atoms with Gasteiger partial charge in [-0.1, -0.05) is 46.9 Å². The van der Waals surface area contributed by atoms with Crippen molar-refractivity contribution in [3.05, 3.63) is 102 Å². The molecule has 0 N–H and O–H groups in total. The van der Waals surface area contributed by atoms with Crippen LogP contribution in [0, 0.1) is 6.92 Å². The molecule has 0 aliphatic carbocycles. The smallest absolute Gasteiger partial charge is 0.290 e. The molecule has 1 aromatic heterocycles. The summed E-state index contributed by atoms with van der Waals surface area (Å²) in [6, 6.07) is 13.2. The molecule has 4 aromatic rings. The predicted octanol–water partition coefficient (Wildman–Crippen LogP) is 6.87. The topological polar surface area (TPSA) is 69.0 Å². The number of ether oxygens (including phenoxy) is 2. The van der Waals surface area contributed by atoms with Gasteiger partial charge in [0.1, 0.15) is 5.58 Å². The zero-order chi connectivity index (χ0) is 26.4. The van der Waals surface area contributed by atoms with E-state index in [1.165, 1.54) is 0 Å². The van der Waals surface area contributed by atoms with Gasteiger partial charge in [0.15, 0.2) is 16.9 Å². The maximum Gasteiger partial charge on any atom is 0.290 e. The number of carbonyl (C=O) groups is 1. The summed E-state index contributed by atoms with van der Waals surface area (Å²) in [5, 5.41) is 1.46. The van der Waals surface area contributed by atoms with Gasteiger partial charge in [-0.2, -0.15) is 0 Å². The third-order valence-corrected chi connectivity index (χ3v) is 7.74. The van der Waals surface area contributed by atoms with E-state index in [0.29, 0.717) is 56.1 Å². The van der Waals surface area contributed by atoms with Crippen molar-refractivity contribution in [2.24, 2.45) is 0 Å². The Bertz CT molecular complexity index is 1610. The minimum absolute atomic E-state index is 0.0163. The number of fused-ring (bicyclic) bond motifs is 2. The number of halogens is 3. The quantitative estimate of drug-likeness (QED) is 0.258. The van der Waals surface area contributed by atoms with E-state index in [0.717, 1.165) is 11.1 Å². The number of rotatable bonds is 6. The second-order valence-electron chi connectivity index (χ2n) is 8.79. The number of benzene rings is 3. The zero-order valence-corrected chi connectivity index (χ0v) is 22.5. The molecule has 0 spiro atoms. The summed E-state index contributed by atoms with van der Waals surface area (Å²) in [7, 11) is 3.14. The summed E-state index contributed by atoms with van der Waals surface area (Å²) in [6.45, 7) is 2.11. The van der Waals surface area contributed by atoms with E-state index < -0.39 is 6.04 Å². The van der Waals surface area contributed by atoms with E-state index >= 15 is 0 Å². The molecule has 37 heavy (non-hydrogen) atoms. The van der Waals surface area contributed by atoms with Gasteiger partial charge in [0, 0.05) is 11.6 Å². The Morgan fingerprint density at radius 2 is 1.65 bits per heavy atom. The molecule has 1 amide bonds. The number of hydrogen-bond donors (Lipinski definition) is 0. The monoisotopic (exact) mass is 557 g/mol. The lowest BCUT2D eigenvalue weighted by Gasteiger charge is -2.25. The maximum atomic E-state index is 13.8. The molecule has 0 saturated heterocycles. The first-order valence-corrected chi connectivity index (χ1v) is 12.6. The summed E-state index contributed by atoms with van der Waals surface area (Å²) in [6.07, 6.45) is 0.497. The van der Waals surface area contributed by atoms with Gasteiger partial charge in [-0.15, -0.1) is 0 Å². The van der Waals surface area contributed by atoms with E-state index in [1.54, 1.807) is 49.5 Å².